The maximum Gasteiger partial charge on any atom is 0.306 e. The predicted octanol–water partition coefficient (Wildman–Crippen LogP) is 1.59. The van der Waals surface area contributed by atoms with Crippen LogP contribution in [0.4, 0.5) is 0 Å². The second kappa shape index (κ2) is 11.1. The zero-order chi connectivity index (χ0) is 15.4. The molecule has 0 heterocycles. The van der Waals surface area contributed by atoms with Crippen LogP contribution in [0.1, 0.15) is 52.4 Å². The van der Waals surface area contributed by atoms with Crippen LogP contribution in [0.2, 0.25) is 0 Å². The number of carbonyl (C=O) groups excluding carboxylic acids is 4. The molecule has 0 radical (unpaired) electrons. The SMILES string of the molecule is CCOC(=O)CCC(=O)CCC(=O)CCC(=O)OCC. The van der Waals surface area contributed by atoms with E-state index >= 15 is 0 Å². The number of rotatable bonds is 11. The van der Waals surface area contributed by atoms with Gasteiger partial charge in [0.15, 0.2) is 0 Å². The summed E-state index contributed by atoms with van der Waals surface area (Å²) in [7, 11) is 0. The van der Waals surface area contributed by atoms with Crippen LogP contribution in [0.15, 0.2) is 0 Å². The Hall–Kier alpha value is -1.72. The molecular weight excluding hydrogens is 264 g/mol. The van der Waals surface area contributed by atoms with Gasteiger partial charge in [0.05, 0.1) is 26.1 Å². The maximum atomic E-state index is 11.4. The maximum absolute atomic E-state index is 11.4. The smallest absolute Gasteiger partial charge is 0.306 e. The lowest BCUT2D eigenvalue weighted by Crippen LogP contribution is -2.10. The van der Waals surface area contributed by atoms with Gasteiger partial charge in [0.1, 0.15) is 11.6 Å². The minimum Gasteiger partial charge on any atom is -0.466 e. The second-order valence-electron chi connectivity index (χ2n) is 4.19. The molecule has 0 N–H and O–H groups in total. The van der Waals surface area contributed by atoms with Gasteiger partial charge in [-0.25, -0.2) is 0 Å². The number of ketones is 2. The van der Waals surface area contributed by atoms with Crippen LogP contribution in [0.25, 0.3) is 0 Å². The standard InChI is InChI=1S/C14H22O6/c1-3-19-13(17)9-7-11(15)5-6-12(16)8-10-14(18)20-4-2/h3-10H2,1-2H3. The third-order valence-corrected chi connectivity index (χ3v) is 2.51. The first-order valence-electron chi connectivity index (χ1n) is 6.84. The van der Waals surface area contributed by atoms with Crippen LogP contribution in [0, 0.1) is 0 Å². The molecule has 0 bridgehead atoms. The largest absolute Gasteiger partial charge is 0.466 e. The summed E-state index contributed by atoms with van der Waals surface area (Å²) < 4.78 is 9.39. The first-order valence-corrected chi connectivity index (χ1v) is 6.84. The number of esters is 2. The Kier molecular flexibility index (Phi) is 10.2. The molecule has 114 valence electrons. The normalized spacial score (nSPS) is 9.90. The highest BCUT2D eigenvalue weighted by Gasteiger charge is 2.11. The van der Waals surface area contributed by atoms with E-state index in [1.807, 2.05) is 0 Å². The summed E-state index contributed by atoms with van der Waals surface area (Å²) in [4.78, 5) is 45.0. The molecule has 0 saturated carbocycles. The number of Topliss-reactive ketones (excluding diaryl/α,β-unsaturated/α-hetero) is 2. The van der Waals surface area contributed by atoms with Crippen molar-refractivity contribution >= 4 is 23.5 Å². The number of hydrogen-bond donors (Lipinski definition) is 0. The minimum absolute atomic E-state index is 0.0453. The Morgan fingerprint density at radius 2 is 0.900 bits per heavy atom. The molecule has 0 aromatic carbocycles. The molecule has 6 heteroatoms. The zero-order valence-corrected chi connectivity index (χ0v) is 12.1. The van der Waals surface area contributed by atoms with E-state index in [0.717, 1.165) is 0 Å². The molecule has 0 aromatic rings. The molecule has 6 nitrogen and oxygen atoms in total. The third kappa shape index (κ3) is 10.2. The molecule has 0 saturated heterocycles. The van der Waals surface area contributed by atoms with Crippen molar-refractivity contribution in [1.29, 1.82) is 0 Å². The minimum atomic E-state index is -0.408. The molecule has 0 atom stereocenters. The summed E-state index contributed by atoms with van der Waals surface area (Å²) >= 11 is 0. The van der Waals surface area contributed by atoms with E-state index in [9.17, 15) is 19.2 Å². The van der Waals surface area contributed by atoms with Crippen LogP contribution < -0.4 is 0 Å². The van der Waals surface area contributed by atoms with Gasteiger partial charge in [0, 0.05) is 25.7 Å². The monoisotopic (exact) mass is 286 g/mol. The molecule has 0 aliphatic heterocycles. The van der Waals surface area contributed by atoms with Gasteiger partial charge in [-0.1, -0.05) is 0 Å². The molecule has 0 spiro atoms. The van der Waals surface area contributed by atoms with Gasteiger partial charge in [0.2, 0.25) is 0 Å². The Balaban J connectivity index is 3.70. The molecule has 20 heavy (non-hydrogen) atoms. The van der Waals surface area contributed by atoms with Gasteiger partial charge in [-0.15, -0.1) is 0 Å². The Bertz CT molecular complexity index is 314. The van der Waals surface area contributed by atoms with Crippen molar-refractivity contribution in [1.82, 2.24) is 0 Å². The topological polar surface area (TPSA) is 86.7 Å². The van der Waals surface area contributed by atoms with Crippen molar-refractivity contribution in [2.75, 3.05) is 13.2 Å². The Labute approximate surface area is 118 Å². The van der Waals surface area contributed by atoms with Crippen LogP contribution in [0.5, 0.6) is 0 Å². The summed E-state index contributed by atoms with van der Waals surface area (Å²) in [5, 5.41) is 0. The number of ether oxygens (including phenoxy) is 2. The van der Waals surface area contributed by atoms with E-state index in [1.54, 1.807) is 13.8 Å². The van der Waals surface area contributed by atoms with Gasteiger partial charge >= 0.3 is 11.9 Å². The first-order chi connectivity index (χ1) is 9.49. The fourth-order valence-electron chi connectivity index (χ4n) is 1.48. The number of hydrogen-bond acceptors (Lipinski definition) is 6. The zero-order valence-electron chi connectivity index (χ0n) is 12.1. The van der Waals surface area contributed by atoms with Crippen molar-refractivity contribution in [3.63, 3.8) is 0 Å². The van der Waals surface area contributed by atoms with Crippen molar-refractivity contribution in [3.8, 4) is 0 Å². The van der Waals surface area contributed by atoms with Crippen molar-refractivity contribution < 1.29 is 28.7 Å². The van der Waals surface area contributed by atoms with Gasteiger partial charge in [-0.3, -0.25) is 19.2 Å². The van der Waals surface area contributed by atoms with Crippen molar-refractivity contribution in [3.05, 3.63) is 0 Å². The summed E-state index contributed by atoms with van der Waals surface area (Å²) in [6.07, 6.45) is 0.462. The fraction of sp³-hybridized carbons (Fsp3) is 0.714. The Morgan fingerprint density at radius 1 is 0.600 bits per heavy atom. The highest BCUT2D eigenvalue weighted by Crippen LogP contribution is 2.04. The van der Waals surface area contributed by atoms with Crippen LogP contribution >= 0.6 is 0 Å². The van der Waals surface area contributed by atoms with Gasteiger partial charge in [-0.2, -0.15) is 0 Å². The summed E-state index contributed by atoms with van der Waals surface area (Å²) in [5.74, 6) is -1.12. The lowest BCUT2D eigenvalue weighted by atomic mass is 10.1. The summed E-state index contributed by atoms with van der Waals surface area (Å²) in [5.41, 5.74) is 0. The molecule has 0 unspecified atom stereocenters. The Morgan fingerprint density at radius 3 is 1.20 bits per heavy atom. The predicted molar refractivity (Wildman–Crippen MR) is 71.0 cm³/mol. The van der Waals surface area contributed by atoms with Gasteiger partial charge < -0.3 is 9.47 Å². The summed E-state index contributed by atoms with van der Waals surface area (Å²) in [6.45, 7) is 3.97. The van der Waals surface area contributed by atoms with Crippen LogP contribution in [-0.4, -0.2) is 36.7 Å². The molecule has 0 aliphatic rings. The van der Waals surface area contributed by atoms with E-state index in [1.165, 1.54) is 0 Å². The van der Waals surface area contributed by atoms with Crippen molar-refractivity contribution in [2.24, 2.45) is 0 Å². The van der Waals surface area contributed by atoms with E-state index in [0.29, 0.717) is 13.2 Å². The number of carbonyl (C=O) groups is 4. The van der Waals surface area contributed by atoms with E-state index in [-0.39, 0.29) is 50.1 Å². The van der Waals surface area contributed by atoms with Gasteiger partial charge in [0.25, 0.3) is 0 Å². The lowest BCUT2D eigenvalue weighted by Gasteiger charge is -2.02. The highest BCUT2D eigenvalue weighted by atomic mass is 16.5. The average Bonchev–Trinajstić information content (AvgIpc) is 2.41. The fourth-order valence-corrected chi connectivity index (χ4v) is 1.48. The molecule has 0 aromatic heterocycles. The lowest BCUT2D eigenvalue weighted by molar-refractivity contribution is -0.145. The molecule has 0 fully saturated rings. The molecule has 0 rings (SSSR count). The third-order valence-electron chi connectivity index (χ3n) is 2.51. The second-order valence-corrected chi connectivity index (χ2v) is 4.19. The first kappa shape index (κ1) is 18.3. The van der Waals surface area contributed by atoms with Crippen LogP contribution in [-0.2, 0) is 28.7 Å². The van der Waals surface area contributed by atoms with Gasteiger partial charge in [-0.05, 0) is 13.8 Å². The molecular formula is C14H22O6. The molecule has 0 aliphatic carbocycles. The molecule has 0 amide bonds. The van der Waals surface area contributed by atoms with Crippen LogP contribution in [0.3, 0.4) is 0 Å². The van der Waals surface area contributed by atoms with E-state index in [4.69, 9.17) is 9.47 Å². The van der Waals surface area contributed by atoms with Crippen molar-refractivity contribution in [2.45, 2.75) is 52.4 Å². The van der Waals surface area contributed by atoms with E-state index < -0.39 is 11.9 Å². The highest BCUT2D eigenvalue weighted by molar-refractivity contribution is 5.88. The van der Waals surface area contributed by atoms with E-state index in [2.05, 4.69) is 0 Å². The quantitative estimate of drug-likeness (QED) is 0.536. The summed E-state index contributed by atoms with van der Waals surface area (Å²) in [6, 6.07) is 0. The average molecular weight is 286 g/mol.